The van der Waals surface area contributed by atoms with Gasteiger partial charge in [0.15, 0.2) is 0 Å². The molecule has 6 heteroatoms. The van der Waals surface area contributed by atoms with E-state index in [9.17, 15) is 13.6 Å². The minimum absolute atomic E-state index is 0.316. The minimum Gasteiger partial charge on any atom is -0.326 e. The van der Waals surface area contributed by atoms with Crippen molar-refractivity contribution in [2.75, 3.05) is 18.9 Å². The van der Waals surface area contributed by atoms with Crippen LogP contribution in [0.15, 0.2) is 24.3 Å². The highest BCUT2D eigenvalue weighted by atomic mass is 19.3. The number of nitrogens with zero attached hydrogens (tertiary/aromatic N) is 1. The van der Waals surface area contributed by atoms with Crippen molar-refractivity contribution in [1.29, 1.82) is 0 Å². The Labute approximate surface area is 111 Å². The molecule has 0 radical (unpaired) electrons. The smallest absolute Gasteiger partial charge is 0.251 e. The fourth-order valence-electron chi connectivity index (χ4n) is 1.55. The Bertz CT molecular complexity index is 409. The Kier molecular flexibility index (Phi) is 5.85. The van der Waals surface area contributed by atoms with Crippen LogP contribution in [-0.4, -0.2) is 36.9 Å². The number of alkyl halides is 2. The minimum atomic E-state index is -2.45. The summed E-state index contributed by atoms with van der Waals surface area (Å²) in [5.74, 6) is -0.316. The fraction of sp³-hybridized carbons (Fsp3) is 0.462. The predicted octanol–water partition coefficient (Wildman–Crippen LogP) is 1.67. The SMILES string of the molecule is CC(C(=O)Nc1ccc(CN)cc1)N(C)CC(F)F. The lowest BCUT2D eigenvalue weighted by molar-refractivity contribution is -0.120. The highest BCUT2D eigenvalue weighted by Gasteiger charge is 2.20. The summed E-state index contributed by atoms with van der Waals surface area (Å²) in [7, 11) is 1.49. The lowest BCUT2D eigenvalue weighted by Crippen LogP contribution is -2.41. The second-order valence-corrected chi connectivity index (χ2v) is 4.40. The maximum absolute atomic E-state index is 12.2. The predicted molar refractivity (Wildman–Crippen MR) is 71.1 cm³/mol. The van der Waals surface area contributed by atoms with E-state index in [1.165, 1.54) is 11.9 Å². The molecule has 0 spiro atoms. The first-order valence-electron chi connectivity index (χ1n) is 6.02. The van der Waals surface area contributed by atoms with Gasteiger partial charge in [-0.05, 0) is 31.7 Å². The van der Waals surface area contributed by atoms with Crippen LogP contribution >= 0.6 is 0 Å². The largest absolute Gasteiger partial charge is 0.326 e. The van der Waals surface area contributed by atoms with Crippen molar-refractivity contribution in [2.45, 2.75) is 25.9 Å². The molecule has 0 aliphatic carbocycles. The van der Waals surface area contributed by atoms with Crippen LogP contribution in [0, 0.1) is 0 Å². The van der Waals surface area contributed by atoms with Gasteiger partial charge in [-0.3, -0.25) is 9.69 Å². The quantitative estimate of drug-likeness (QED) is 0.827. The van der Waals surface area contributed by atoms with Crippen LogP contribution < -0.4 is 11.1 Å². The summed E-state index contributed by atoms with van der Waals surface area (Å²) in [6, 6.07) is 6.47. The van der Waals surface area contributed by atoms with Gasteiger partial charge in [0.25, 0.3) is 6.43 Å². The molecule has 0 fully saturated rings. The van der Waals surface area contributed by atoms with Gasteiger partial charge in [-0.15, -0.1) is 0 Å². The average molecular weight is 271 g/mol. The number of rotatable bonds is 6. The lowest BCUT2D eigenvalue weighted by atomic mass is 10.2. The van der Waals surface area contributed by atoms with Crippen LogP contribution in [0.25, 0.3) is 0 Å². The van der Waals surface area contributed by atoms with E-state index in [0.29, 0.717) is 12.2 Å². The standard InChI is InChI=1S/C13H19F2N3O/c1-9(18(2)8-12(14)15)13(19)17-11-5-3-10(7-16)4-6-11/h3-6,9,12H,7-8,16H2,1-2H3,(H,17,19). The highest BCUT2D eigenvalue weighted by Crippen LogP contribution is 2.11. The van der Waals surface area contributed by atoms with Crippen molar-refractivity contribution in [1.82, 2.24) is 4.90 Å². The van der Waals surface area contributed by atoms with E-state index in [0.717, 1.165) is 5.56 Å². The lowest BCUT2D eigenvalue weighted by Gasteiger charge is -2.23. The molecule has 0 saturated heterocycles. The summed E-state index contributed by atoms with van der Waals surface area (Å²) in [6.07, 6.45) is -2.45. The van der Waals surface area contributed by atoms with Gasteiger partial charge in [0.05, 0.1) is 12.6 Å². The average Bonchev–Trinajstić information content (AvgIpc) is 2.37. The monoisotopic (exact) mass is 271 g/mol. The molecular formula is C13H19F2N3O. The van der Waals surface area contributed by atoms with Gasteiger partial charge < -0.3 is 11.1 Å². The molecule has 1 atom stereocenters. The maximum atomic E-state index is 12.2. The van der Waals surface area contributed by atoms with E-state index in [2.05, 4.69) is 5.32 Å². The third kappa shape index (κ3) is 4.92. The summed E-state index contributed by atoms with van der Waals surface area (Å²) in [4.78, 5) is 13.2. The van der Waals surface area contributed by atoms with Gasteiger partial charge in [0.2, 0.25) is 5.91 Å². The zero-order valence-corrected chi connectivity index (χ0v) is 11.1. The third-order valence-corrected chi connectivity index (χ3v) is 2.92. The number of nitrogens with one attached hydrogen (secondary N) is 1. The van der Waals surface area contributed by atoms with Gasteiger partial charge in [-0.1, -0.05) is 12.1 Å². The third-order valence-electron chi connectivity index (χ3n) is 2.92. The van der Waals surface area contributed by atoms with Crippen LogP contribution in [0.4, 0.5) is 14.5 Å². The number of anilines is 1. The number of likely N-dealkylation sites (N-methyl/N-ethyl adjacent to an activating group) is 1. The number of hydrogen-bond donors (Lipinski definition) is 2. The molecule has 4 nitrogen and oxygen atoms in total. The number of carbonyl (C=O) groups is 1. The fourth-order valence-corrected chi connectivity index (χ4v) is 1.55. The topological polar surface area (TPSA) is 58.4 Å². The van der Waals surface area contributed by atoms with Crippen LogP contribution in [0.1, 0.15) is 12.5 Å². The van der Waals surface area contributed by atoms with Crippen molar-refractivity contribution in [3.8, 4) is 0 Å². The molecule has 0 bridgehead atoms. The first-order valence-corrected chi connectivity index (χ1v) is 6.02. The molecule has 0 aliphatic heterocycles. The Balaban J connectivity index is 2.57. The van der Waals surface area contributed by atoms with Gasteiger partial charge in [-0.25, -0.2) is 8.78 Å². The van der Waals surface area contributed by atoms with E-state index in [4.69, 9.17) is 5.73 Å². The zero-order valence-electron chi connectivity index (χ0n) is 11.1. The first-order chi connectivity index (χ1) is 8.93. The molecule has 1 aromatic carbocycles. The highest BCUT2D eigenvalue weighted by molar-refractivity contribution is 5.94. The summed E-state index contributed by atoms with van der Waals surface area (Å²) < 4.78 is 24.5. The Morgan fingerprint density at radius 2 is 1.95 bits per heavy atom. The van der Waals surface area contributed by atoms with Crippen LogP contribution in [0.3, 0.4) is 0 Å². The summed E-state index contributed by atoms with van der Waals surface area (Å²) in [6.45, 7) is 1.59. The van der Waals surface area contributed by atoms with Crippen molar-refractivity contribution in [3.05, 3.63) is 29.8 Å². The zero-order chi connectivity index (χ0) is 14.4. The van der Waals surface area contributed by atoms with E-state index >= 15 is 0 Å². The number of carbonyl (C=O) groups excluding carboxylic acids is 1. The maximum Gasteiger partial charge on any atom is 0.251 e. The summed E-state index contributed by atoms with van der Waals surface area (Å²) in [5.41, 5.74) is 7.05. The Morgan fingerprint density at radius 3 is 2.42 bits per heavy atom. The van der Waals surface area contributed by atoms with Crippen LogP contribution in [0.2, 0.25) is 0 Å². The van der Waals surface area contributed by atoms with Gasteiger partial charge in [-0.2, -0.15) is 0 Å². The van der Waals surface area contributed by atoms with Crippen molar-refractivity contribution in [3.63, 3.8) is 0 Å². The van der Waals surface area contributed by atoms with Crippen molar-refractivity contribution >= 4 is 11.6 Å². The van der Waals surface area contributed by atoms with E-state index < -0.39 is 19.0 Å². The van der Waals surface area contributed by atoms with Crippen molar-refractivity contribution in [2.24, 2.45) is 5.73 Å². The number of nitrogens with two attached hydrogens (primary N) is 1. The molecule has 0 heterocycles. The number of hydrogen-bond acceptors (Lipinski definition) is 3. The molecule has 1 aromatic rings. The van der Waals surface area contributed by atoms with Crippen LogP contribution in [0.5, 0.6) is 0 Å². The molecular weight excluding hydrogens is 252 g/mol. The molecule has 106 valence electrons. The van der Waals surface area contributed by atoms with E-state index in [1.807, 2.05) is 12.1 Å². The Morgan fingerprint density at radius 1 is 1.37 bits per heavy atom. The van der Waals surface area contributed by atoms with E-state index in [1.54, 1.807) is 19.1 Å². The molecule has 1 amide bonds. The molecule has 19 heavy (non-hydrogen) atoms. The molecule has 1 unspecified atom stereocenters. The number of halogens is 2. The molecule has 0 aliphatic rings. The number of amides is 1. The summed E-state index contributed by atoms with van der Waals surface area (Å²) >= 11 is 0. The second-order valence-electron chi connectivity index (χ2n) is 4.40. The second kappa shape index (κ2) is 7.16. The van der Waals surface area contributed by atoms with E-state index in [-0.39, 0.29) is 5.91 Å². The van der Waals surface area contributed by atoms with Gasteiger partial charge in [0, 0.05) is 12.2 Å². The van der Waals surface area contributed by atoms with Gasteiger partial charge in [0.1, 0.15) is 0 Å². The van der Waals surface area contributed by atoms with Crippen LogP contribution in [-0.2, 0) is 11.3 Å². The van der Waals surface area contributed by atoms with Gasteiger partial charge >= 0.3 is 0 Å². The summed E-state index contributed by atoms with van der Waals surface area (Å²) in [5, 5.41) is 2.68. The Hall–Kier alpha value is -1.53. The molecule has 3 N–H and O–H groups in total. The number of benzene rings is 1. The first kappa shape index (κ1) is 15.5. The molecule has 0 saturated carbocycles. The molecule has 1 rings (SSSR count). The van der Waals surface area contributed by atoms with Crippen molar-refractivity contribution < 1.29 is 13.6 Å². The molecule has 0 aromatic heterocycles. The normalized spacial score (nSPS) is 12.8.